The molecular formula is C9H11FO3. The quantitative estimate of drug-likeness (QED) is 0.719. The van der Waals surface area contributed by atoms with Crippen LogP contribution < -0.4 is 14.2 Å². The van der Waals surface area contributed by atoms with E-state index in [-0.39, 0.29) is 0 Å². The van der Waals surface area contributed by atoms with Crippen LogP contribution >= 0.6 is 0 Å². The number of hydrogen-bond acceptors (Lipinski definition) is 3. The molecule has 4 heteroatoms. The van der Waals surface area contributed by atoms with Gasteiger partial charge < -0.3 is 14.2 Å². The molecule has 1 aromatic rings. The fraction of sp³-hybridized carbons (Fsp3) is 0.333. The second-order valence-corrected chi connectivity index (χ2v) is 2.34. The first-order chi connectivity index (χ1) is 6.22. The van der Waals surface area contributed by atoms with Crippen molar-refractivity contribution in [3.8, 4) is 17.2 Å². The molecule has 0 aliphatic rings. The number of hydrogen-bond donors (Lipinski definition) is 0. The van der Waals surface area contributed by atoms with E-state index >= 15 is 0 Å². The van der Waals surface area contributed by atoms with Crippen molar-refractivity contribution in [1.82, 2.24) is 0 Å². The number of benzene rings is 1. The molecule has 72 valence electrons. The van der Waals surface area contributed by atoms with Gasteiger partial charge in [-0.2, -0.15) is 0 Å². The van der Waals surface area contributed by atoms with Gasteiger partial charge in [0.15, 0.2) is 11.5 Å². The third kappa shape index (κ3) is 1.83. The molecule has 0 heterocycles. The Morgan fingerprint density at radius 2 is 1.38 bits per heavy atom. The minimum absolute atomic E-state index is 0.319. The maximum atomic E-state index is 12.9. The summed E-state index contributed by atoms with van der Waals surface area (Å²) >= 11 is 0. The lowest BCUT2D eigenvalue weighted by Crippen LogP contribution is -1.95. The highest BCUT2D eigenvalue weighted by molar-refractivity contribution is 5.51. The Morgan fingerprint density at radius 3 is 1.69 bits per heavy atom. The number of methoxy groups -OCH3 is 3. The molecule has 13 heavy (non-hydrogen) atoms. The minimum atomic E-state index is -0.422. The van der Waals surface area contributed by atoms with Crippen molar-refractivity contribution in [3.63, 3.8) is 0 Å². The first-order valence-corrected chi connectivity index (χ1v) is 3.68. The normalized spacial score (nSPS) is 9.54. The van der Waals surface area contributed by atoms with E-state index < -0.39 is 5.82 Å². The minimum Gasteiger partial charge on any atom is -0.493 e. The van der Waals surface area contributed by atoms with Crippen LogP contribution in [0.2, 0.25) is 0 Å². The lowest BCUT2D eigenvalue weighted by Gasteiger charge is -2.11. The summed E-state index contributed by atoms with van der Waals surface area (Å²) in [5, 5.41) is 0. The summed E-state index contributed by atoms with van der Waals surface area (Å²) in [6, 6.07) is 2.47. The van der Waals surface area contributed by atoms with Gasteiger partial charge in [-0.3, -0.25) is 0 Å². The largest absolute Gasteiger partial charge is 0.493 e. The molecule has 0 aliphatic carbocycles. The first-order valence-electron chi connectivity index (χ1n) is 3.68. The molecule has 1 aromatic carbocycles. The second-order valence-electron chi connectivity index (χ2n) is 2.34. The number of rotatable bonds is 3. The predicted octanol–water partition coefficient (Wildman–Crippen LogP) is 1.85. The first kappa shape index (κ1) is 9.64. The highest BCUT2D eigenvalue weighted by Gasteiger charge is 2.12. The zero-order valence-corrected chi connectivity index (χ0v) is 7.76. The molecule has 0 N–H and O–H groups in total. The maximum absolute atomic E-state index is 12.9. The summed E-state index contributed by atoms with van der Waals surface area (Å²) < 4.78 is 27.7. The maximum Gasteiger partial charge on any atom is 0.203 e. The van der Waals surface area contributed by atoms with Crippen molar-refractivity contribution in [2.24, 2.45) is 0 Å². The van der Waals surface area contributed by atoms with E-state index in [1.807, 2.05) is 0 Å². The van der Waals surface area contributed by atoms with Crippen molar-refractivity contribution in [1.29, 1.82) is 0 Å². The summed E-state index contributed by atoms with van der Waals surface area (Å²) in [5.41, 5.74) is 0. The zero-order valence-electron chi connectivity index (χ0n) is 7.76. The Kier molecular flexibility index (Phi) is 2.95. The average molecular weight is 185 g/mol. The molecule has 0 bridgehead atoms. The Balaban J connectivity index is 3.25. The van der Waals surface area contributed by atoms with Gasteiger partial charge in [0.05, 0.1) is 21.3 Å². The Bertz CT molecular complexity index is 274. The van der Waals surface area contributed by atoms with Gasteiger partial charge in [-0.25, -0.2) is 4.39 Å². The van der Waals surface area contributed by atoms with E-state index in [1.54, 1.807) is 0 Å². The van der Waals surface area contributed by atoms with E-state index in [4.69, 9.17) is 14.2 Å². The van der Waals surface area contributed by atoms with E-state index in [0.717, 1.165) is 0 Å². The summed E-state index contributed by atoms with van der Waals surface area (Å²) in [6.07, 6.45) is 0. The molecule has 0 saturated heterocycles. The topological polar surface area (TPSA) is 27.7 Å². The van der Waals surface area contributed by atoms with Gasteiger partial charge >= 0.3 is 0 Å². The third-order valence-corrected chi connectivity index (χ3v) is 1.63. The van der Waals surface area contributed by atoms with E-state index in [0.29, 0.717) is 17.2 Å². The number of halogens is 1. The van der Waals surface area contributed by atoms with Crippen LogP contribution in [-0.2, 0) is 0 Å². The highest BCUT2D eigenvalue weighted by atomic mass is 18.2. The van der Waals surface area contributed by atoms with Crippen LogP contribution in [0.3, 0.4) is 0 Å². The second kappa shape index (κ2) is 3.98. The van der Waals surface area contributed by atoms with Gasteiger partial charge in [-0.1, -0.05) is 0 Å². The molecule has 0 aromatic heterocycles. The van der Waals surface area contributed by atoms with Crippen LogP contribution in [0.1, 0.15) is 0 Å². The molecule has 0 amide bonds. The van der Waals surface area contributed by atoms with Crippen molar-refractivity contribution in [2.45, 2.75) is 0 Å². The zero-order chi connectivity index (χ0) is 9.84. The fourth-order valence-electron chi connectivity index (χ4n) is 1.05. The highest BCUT2D eigenvalue weighted by Crippen LogP contribution is 2.37. The van der Waals surface area contributed by atoms with Gasteiger partial charge in [0.2, 0.25) is 5.75 Å². The molecule has 0 atom stereocenters. The summed E-state index contributed by atoms with van der Waals surface area (Å²) in [5.74, 6) is 0.611. The number of ether oxygens (including phenoxy) is 3. The molecular weight excluding hydrogens is 174 g/mol. The fourth-order valence-corrected chi connectivity index (χ4v) is 1.05. The van der Waals surface area contributed by atoms with Crippen molar-refractivity contribution < 1.29 is 18.6 Å². The van der Waals surface area contributed by atoms with Crippen LogP contribution in [0.15, 0.2) is 12.1 Å². The molecule has 0 unspecified atom stereocenters. The van der Waals surface area contributed by atoms with Crippen LogP contribution in [0.25, 0.3) is 0 Å². The van der Waals surface area contributed by atoms with Gasteiger partial charge in [-0.05, 0) is 0 Å². The SMILES string of the molecule is COc1cc([18F])cc(OC)c1OC. The lowest BCUT2D eigenvalue weighted by molar-refractivity contribution is 0.321. The van der Waals surface area contributed by atoms with Gasteiger partial charge in [-0.15, -0.1) is 0 Å². The van der Waals surface area contributed by atoms with Crippen LogP contribution in [-0.4, -0.2) is 21.3 Å². The lowest BCUT2D eigenvalue weighted by atomic mass is 10.3. The average Bonchev–Trinajstić information content (AvgIpc) is 2.16. The van der Waals surface area contributed by atoms with Crippen molar-refractivity contribution in [2.75, 3.05) is 21.3 Å². The Morgan fingerprint density at radius 1 is 0.923 bits per heavy atom. The molecule has 0 fully saturated rings. The summed E-state index contributed by atoms with van der Waals surface area (Å²) in [6.45, 7) is 0. The van der Waals surface area contributed by atoms with Crippen LogP contribution in [0.5, 0.6) is 17.2 Å². The van der Waals surface area contributed by atoms with Crippen LogP contribution in [0.4, 0.5) is 4.39 Å². The summed E-state index contributed by atoms with van der Waals surface area (Å²) in [4.78, 5) is 0. The van der Waals surface area contributed by atoms with Crippen molar-refractivity contribution in [3.05, 3.63) is 17.9 Å². The molecule has 0 saturated carbocycles. The predicted molar refractivity (Wildman–Crippen MR) is 46.1 cm³/mol. The molecule has 3 nitrogen and oxygen atoms in total. The molecule has 0 spiro atoms. The smallest absolute Gasteiger partial charge is 0.203 e. The third-order valence-electron chi connectivity index (χ3n) is 1.63. The standard InChI is InChI=1S/C9H11FO3/c1-11-7-4-6(10)5-8(12-2)9(7)13-3/h4-5H,1-3H3/i10-1. The molecule has 1 rings (SSSR count). The Labute approximate surface area is 76.0 Å². The van der Waals surface area contributed by atoms with Crippen LogP contribution in [0, 0.1) is 5.82 Å². The van der Waals surface area contributed by atoms with E-state index in [1.165, 1.54) is 33.5 Å². The van der Waals surface area contributed by atoms with Crippen molar-refractivity contribution >= 4 is 0 Å². The van der Waals surface area contributed by atoms with Gasteiger partial charge in [0, 0.05) is 12.1 Å². The van der Waals surface area contributed by atoms with Gasteiger partial charge in [0.1, 0.15) is 5.82 Å². The van der Waals surface area contributed by atoms with E-state index in [9.17, 15) is 4.39 Å². The molecule has 0 radical (unpaired) electrons. The monoisotopic (exact) mass is 185 g/mol. The molecule has 0 aliphatic heterocycles. The summed E-state index contributed by atoms with van der Waals surface area (Å²) in [7, 11) is 4.35. The van der Waals surface area contributed by atoms with E-state index in [2.05, 4.69) is 0 Å². The Hall–Kier alpha value is -1.45. The van der Waals surface area contributed by atoms with Gasteiger partial charge in [0.25, 0.3) is 0 Å².